The number of pyridine rings is 1. The molecule has 0 radical (unpaired) electrons. The van der Waals surface area contributed by atoms with Gasteiger partial charge in [-0.05, 0) is 19.0 Å². The van der Waals surface area contributed by atoms with Crippen LogP contribution in [0.3, 0.4) is 0 Å². The lowest BCUT2D eigenvalue weighted by atomic mass is 10.00. The van der Waals surface area contributed by atoms with E-state index in [1.165, 1.54) is 0 Å². The van der Waals surface area contributed by atoms with Crippen LogP contribution in [0.5, 0.6) is 0 Å². The zero-order valence-corrected chi connectivity index (χ0v) is 11.8. The van der Waals surface area contributed by atoms with Gasteiger partial charge < -0.3 is 15.2 Å². The summed E-state index contributed by atoms with van der Waals surface area (Å²) in [7, 11) is 2.15. The van der Waals surface area contributed by atoms with E-state index in [9.17, 15) is 5.26 Å². The molecule has 5 heteroatoms. The Hall–Kier alpha value is -2.06. The lowest BCUT2D eigenvalue weighted by molar-refractivity contribution is 0.392. The molecule has 3 heterocycles. The van der Waals surface area contributed by atoms with Gasteiger partial charge in [0.05, 0.1) is 11.3 Å². The van der Waals surface area contributed by atoms with Crippen LogP contribution in [0.2, 0.25) is 0 Å². The maximum Gasteiger partial charge on any atom is 0.139 e. The lowest BCUT2D eigenvalue weighted by Crippen LogP contribution is -2.28. The molecule has 1 fully saturated rings. The van der Waals surface area contributed by atoms with Crippen LogP contribution in [0.4, 0.5) is 5.69 Å². The second kappa shape index (κ2) is 5.14. The molecule has 5 nitrogen and oxygen atoms in total. The third-order valence-corrected chi connectivity index (χ3v) is 4.18. The summed E-state index contributed by atoms with van der Waals surface area (Å²) in [5.74, 6) is 0.619. The molecule has 2 aromatic rings. The highest BCUT2D eigenvalue weighted by atomic mass is 15.2. The number of hydrogen-bond acceptors (Lipinski definition) is 4. The van der Waals surface area contributed by atoms with Crippen molar-refractivity contribution in [2.24, 2.45) is 5.92 Å². The minimum Gasteiger partial charge on any atom is -0.379 e. The molecule has 1 aliphatic heterocycles. The number of anilines is 1. The average Bonchev–Trinajstić information content (AvgIpc) is 3.05. The molecular weight excluding hydrogens is 250 g/mol. The van der Waals surface area contributed by atoms with E-state index in [4.69, 9.17) is 0 Å². The van der Waals surface area contributed by atoms with Crippen LogP contribution in [0.1, 0.15) is 18.9 Å². The third-order valence-electron chi connectivity index (χ3n) is 4.18. The van der Waals surface area contributed by atoms with Crippen molar-refractivity contribution >= 4 is 16.7 Å². The Morgan fingerprint density at radius 1 is 1.55 bits per heavy atom. The molecule has 0 saturated carbocycles. The molecule has 2 atom stereocenters. The molecular formula is C15H19N5. The van der Waals surface area contributed by atoms with Crippen molar-refractivity contribution in [2.45, 2.75) is 19.4 Å². The van der Waals surface area contributed by atoms with E-state index in [0.717, 1.165) is 36.2 Å². The van der Waals surface area contributed by atoms with Gasteiger partial charge in [-0.1, -0.05) is 13.3 Å². The van der Waals surface area contributed by atoms with E-state index >= 15 is 0 Å². The van der Waals surface area contributed by atoms with Crippen molar-refractivity contribution in [3.63, 3.8) is 0 Å². The Bertz CT molecular complexity index is 654. The van der Waals surface area contributed by atoms with Crippen molar-refractivity contribution < 1.29 is 0 Å². The van der Waals surface area contributed by atoms with E-state index in [0.29, 0.717) is 17.5 Å². The smallest absolute Gasteiger partial charge is 0.139 e. The number of aromatic nitrogens is 2. The molecule has 0 aromatic carbocycles. The number of nitriles is 1. The van der Waals surface area contributed by atoms with Gasteiger partial charge in [0, 0.05) is 36.9 Å². The zero-order valence-electron chi connectivity index (χ0n) is 11.8. The Morgan fingerprint density at radius 2 is 2.40 bits per heavy atom. The van der Waals surface area contributed by atoms with Crippen LogP contribution in [0, 0.1) is 17.2 Å². The molecule has 0 aliphatic carbocycles. The van der Waals surface area contributed by atoms with Crippen molar-refractivity contribution in [1.29, 1.82) is 5.26 Å². The summed E-state index contributed by atoms with van der Waals surface area (Å²) in [6, 6.07) is 4.61. The summed E-state index contributed by atoms with van der Waals surface area (Å²) in [4.78, 5) is 9.71. The normalized spacial score (nSPS) is 23.1. The molecule has 0 bridgehead atoms. The quantitative estimate of drug-likeness (QED) is 0.896. The first-order valence-electron chi connectivity index (χ1n) is 7.04. The number of nitrogens with one attached hydrogen (secondary N) is 2. The molecule has 1 aliphatic rings. The first-order valence-corrected chi connectivity index (χ1v) is 7.04. The predicted molar refractivity (Wildman–Crippen MR) is 79.5 cm³/mol. The fourth-order valence-electron chi connectivity index (χ4n) is 3.10. The number of hydrogen-bond donors (Lipinski definition) is 2. The lowest BCUT2D eigenvalue weighted by Gasteiger charge is -2.21. The second-order valence-electron chi connectivity index (χ2n) is 5.54. The van der Waals surface area contributed by atoms with Crippen LogP contribution in [-0.2, 0) is 0 Å². The highest BCUT2D eigenvalue weighted by Gasteiger charge is 2.30. The number of nitrogens with zero attached hydrogens (tertiary/aromatic N) is 3. The van der Waals surface area contributed by atoms with Crippen molar-refractivity contribution in [1.82, 2.24) is 14.9 Å². The average molecular weight is 269 g/mol. The standard InChI is InChI=1S/C15H19N5/c1-3-10-8-20(2)9-13(10)19-14-11(6-16)7-18-15-12(14)4-5-17-15/h4-5,7,10,13H,3,8-9H2,1-2H3,(H2,17,18,19). The van der Waals surface area contributed by atoms with E-state index in [1.54, 1.807) is 6.20 Å². The van der Waals surface area contributed by atoms with Crippen LogP contribution in [0.15, 0.2) is 18.5 Å². The van der Waals surface area contributed by atoms with Gasteiger partial charge in [-0.3, -0.25) is 0 Å². The van der Waals surface area contributed by atoms with E-state index in [2.05, 4.69) is 40.2 Å². The largest absolute Gasteiger partial charge is 0.379 e. The van der Waals surface area contributed by atoms with Gasteiger partial charge in [0.1, 0.15) is 11.7 Å². The van der Waals surface area contributed by atoms with Crippen molar-refractivity contribution in [3.8, 4) is 6.07 Å². The molecule has 1 saturated heterocycles. The van der Waals surface area contributed by atoms with Gasteiger partial charge in [-0.15, -0.1) is 0 Å². The molecule has 2 aromatic heterocycles. The number of rotatable bonds is 3. The Labute approximate surface area is 118 Å². The van der Waals surface area contributed by atoms with Crippen molar-refractivity contribution in [2.75, 3.05) is 25.5 Å². The SMILES string of the molecule is CCC1CN(C)CC1Nc1c(C#N)cnc2[nH]ccc12. The summed E-state index contributed by atoms with van der Waals surface area (Å²) >= 11 is 0. The first-order chi connectivity index (χ1) is 9.72. The fraction of sp³-hybridized carbons (Fsp3) is 0.467. The first kappa shape index (κ1) is 12.9. The van der Waals surface area contributed by atoms with Crippen LogP contribution in [0.25, 0.3) is 11.0 Å². The predicted octanol–water partition coefficient (Wildman–Crippen LogP) is 2.19. The Balaban J connectivity index is 1.97. The molecule has 2 unspecified atom stereocenters. The molecule has 0 amide bonds. The van der Waals surface area contributed by atoms with Gasteiger partial charge in [0.15, 0.2) is 0 Å². The minimum atomic E-state index is 0.387. The van der Waals surface area contributed by atoms with Crippen molar-refractivity contribution in [3.05, 3.63) is 24.0 Å². The zero-order chi connectivity index (χ0) is 14.1. The molecule has 104 valence electrons. The van der Waals surface area contributed by atoms with E-state index in [1.807, 2.05) is 12.3 Å². The molecule has 3 rings (SSSR count). The van der Waals surface area contributed by atoms with Gasteiger partial charge >= 0.3 is 0 Å². The van der Waals surface area contributed by atoms with Gasteiger partial charge in [0.2, 0.25) is 0 Å². The van der Waals surface area contributed by atoms with Gasteiger partial charge in [-0.25, -0.2) is 4.98 Å². The van der Waals surface area contributed by atoms with Crippen LogP contribution < -0.4 is 5.32 Å². The number of aromatic amines is 1. The Kier molecular flexibility index (Phi) is 3.33. The highest BCUT2D eigenvalue weighted by Crippen LogP contribution is 2.29. The summed E-state index contributed by atoms with van der Waals surface area (Å²) in [5.41, 5.74) is 2.35. The molecule has 20 heavy (non-hydrogen) atoms. The summed E-state index contributed by atoms with van der Waals surface area (Å²) in [6.45, 7) is 4.34. The maximum absolute atomic E-state index is 9.31. The number of likely N-dealkylation sites (tertiary alicyclic amines) is 1. The fourth-order valence-corrected chi connectivity index (χ4v) is 3.10. The van der Waals surface area contributed by atoms with Gasteiger partial charge in [-0.2, -0.15) is 5.26 Å². The molecule has 2 N–H and O–H groups in total. The molecule has 0 spiro atoms. The number of likely N-dealkylation sites (N-methyl/N-ethyl adjacent to an activating group) is 1. The topological polar surface area (TPSA) is 67.7 Å². The summed E-state index contributed by atoms with van der Waals surface area (Å²) in [5, 5.41) is 13.9. The van der Waals surface area contributed by atoms with Crippen LogP contribution in [-0.4, -0.2) is 41.0 Å². The third kappa shape index (κ3) is 2.12. The summed E-state index contributed by atoms with van der Waals surface area (Å²) in [6.07, 6.45) is 4.65. The minimum absolute atomic E-state index is 0.387. The number of fused-ring (bicyclic) bond motifs is 1. The number of H-pyrrole nitrogens is 1. The summed E-state index contributed by atoms with van der Waals surface area (Å²) < 4.78 is 0. The second-order valence-corrected chi connectivity index (χ2v) is 5.54. The van der Waals surface area contributed by atoms with Crippen LogP contribution >= 0.6 is 0 Å². The van der Waals surface area contributed by atoms with Gasteiger partial charge in [0.25, 0.3) is 0 Å². The highest BCUT2D eigenvalue weighted by molar-refractivity contribution is 5.92. The Morgan fingerprint density at radius 3 is 3.15 bits per heavy atom. The van der Waals surface area contributed by atoms with E-state index in [-0.39, 0.29) is 0 Å². The monoisotopic (exact) mass is 269 g/mol. The maximum atomic E-state index is 9.31. The van der Waals surface area contributed by atoms with E-state index < -0.39 is 0 Å².